The molecule has 2 aromatic carbocycles. The van der Waals surface area contributed by atoms with Crippen molar-refractivity contribution in [1.29, 1.82) is 0 Å². The van der Waals surface area contributed by atoms with E-state index >= 15 is 0 Å². The first kappa shape index (κ1) is 19.3. The molecule has 0 spiro atoms. The summed E-state index contributed by atoms with van der Waals surface area (Å²) in [6, 6.07) is 14.5. The van der Waals surface area contributed by atoms with Gasteiger partial charge in [0.25, 0.3) is 0 Å². The second-order valence-electron chi connectivity index (χ2n) is 6.28. The van der Waals surface area contributed by atoms with E-state index in [0.29, 0.717) is 31.6 Å². The Morgan fingerprint density at radius 3 is 2.26 bits per heavy atom. The highest BCUT2D eigenvalue weighted by molar-refractivity contribution is 7.89. The number of amides is 2. The molecule has 8 heteroatoms. The van der Waals surface area contributed by atoms with Crippen LogP contribution in [0, 0.1) is 5.82 Å². The summed E-state index contributed by atoms with van der Waals surface area (Å²) in [6.45, 7) is 1.45. The van der Waals surface area contributed by atoms with Crippen molar-refractivity contribution in [2.45, 2.75) is 11.3 Å². The van der Waals surface area contributed by atoms with Crippen LogP contribution in [0.25, 0.3) is 0 Å². The van der Waals surface area contributed by atoms with Gasteiger partial charge < -0.3 is 10.2 Å². The Balaban J connectivity index is 1.49. The Hall–Kier alpha value is -2.45. The lowest BCUT2D eigenvalue weighted by Gasteiger charge is -2.34. The van der Waals surface area contributed by atoms with Gasteiger partial charge in [-0.1, -0.05) is 36.4 Å². The standard InChI is InChI=1S/C19H22FN3O3S/c20-18-9-5-4-6-16(18)10-11-21-19(24)22-12-14-23(15-13-22)27(25,26)17-7-2-1-3-8-17/h1-9H,10-15H2,(H,21,24). The average molecular weight is 391 g/mol. The lowest BCUT2D eigenvalue weighted by Crippen LogP contribution is -2.53. The normalized spacial score (nSPS) is 15.5. The number of hydrogen-bond acceptors (Lipinski definition) is 3. The summed E-state index contributed by atoms with van der Waals surface area (Å²) in [5.74, 6) is -0.286. The van der Waals surface area contributed by atoms with Gasteiger partial charge >= 0.3 is 6.03 Å². The number of benzene rings is 2. The Labute approximate surface area is 158 Å². The minimum atomic E-state index is -3.54. The Kier molecular flexibility index (Phi) is 6.08. The van der Waals surface area contributed by atoms with Gasteiger partial charge in [-0.05, 0) is 30.2 Å². The van der Waals surface area contributed by atoms with Crippen LogP contribution in [-0.4, -0.2) is 56.4 Å². The number of nitrogens with one attached hydrogen (secondary N) is 1. The van der Waals surface area contributed by atoms with Crippen molar-refractivity contribution >= 4 is 16.1 Å². The molecule has 0 atom stereocenters. The number of carbonyl (C=O) groups excluding carboxylic acids is 1. The second kappa shape index (κ2) is 8.49. The van der Waals surface area contributed by atoms with E-state index in [9.17, 15) is 17.6 Å². The first-order valence-corrected chi connectivity index (χ1v) is 10.2. The Bertz CT molecular complexity index is 882. The number of hydrogen-bond donors (Lipinski definition) is 1. The predicted octanol–water partition coefficient (Wildman–Crippen LogP) is 2.08. The van der Waals surface area contributed by atoms with Gasteiger partial charge in [-0.15, -0.1) is 0 Å². The summed E-state index contributed by atoms with van der Waals surface area (Å²) in [5, 5.41) is 2.77. The maximum absolute atomic E-state index is 13.6. The Morgan fingerprint density at radius 1 is 0.963 bits per heavy atom. The molecule has 144 valence electrons. The van der Waals surface area contributed by atoms with Crippen LogP contribution in [0.1, 0.15) is 5.56 Å². The minimum Gasteiger partial charge on any atom is -0.338 e. The van der Waals surface area contributed by atoms with E-state index in [1.54, 1.807) is 53.4 Å². The smallest absolute Gasteiger partial charge is 0.317 e. The Morgan fingerprint density at radius 2 is 1.59 bits per heavy atom. The quantitative estimate of drug-likeness (QED) is 0.849. The summed E-state index contributed by atoms with van der Waals surface area (Å²) >= 11 is 0. The lowest BCUT2D eigenvalue weighted by atomic mass is 10.1. The monoisotopic (exact) mass is 391 g/mol. The van der Waals surface area contributed by atoms with Crippen LogP contribution < -0.4 is 5.32 Å². The molecule has 0 unspecified atom stereocenters. The molecule has 0 radical (unpaired) electrons. The van der Waals surface area contributed by atoms with Gasteiger partial charge in [-0.25, -0.2) is 17.6 Å². The summed E-state index contributed by atoms with van der Waals surface area (Å²) in [6.07, 6.45) is 0.404. The van der Waals surface area contributed by atoms with E-state index in [4.69, 9.17) is 0 Å². The van der Waals surface area contributed by atoms with Gasteiger partial charge in [0, 0.05) is 32.7 Å². The molecule has 1 N–H and O–H groups in total. The number of carbonyl (C=O) groups is 1. The minimum absolute atomic E-state index is 0.248. The van der Waals surface area contributed by atoms with Crippen LogP contribution >= 0.6 is 0 Å². The van der Waals surface area contributed by atoms with Crippen molar-refractivity contribution in [2.24, 2.45) is 0 Å². The van der Waals surface area contributed by atoms with E-state index in [1.165, 1.54) is 10.4 Å². The second-order valence-corrected chi connectivity index (χ2v) is 8.22. The highest BCUT2D eigenvalue weighted by atomic mass is 32.2. The number of sulfonamides is 1. The molecule has 0 saturated carbocycles. The van der Waals surface area contributed by atoms with Crippen molar-refractivity contribution in [2.75, 3.05) is 32.7 Å². The third-order valence-electron chi connectivity index (χ3n) is 4.54. The maximum Gasteiger partial charge on any atom is 0.317 e. The number of piperazine rings is 1. The topological polar surface area (TPSA) is 69.7 Å². The van der Waals surface area contributed by atoms with Gasteiger partial charge in [0.15, 0.2) is 0 Å². The first-order valence-electron chi connectivity index (χ1n) is 8.80. The molecule has 1 aliphatic heterocycles. The van der Waals surface area contributed by atoms with Gasteiger partial charge in [0.05, 0.1) is 4.90 Å². The molecule has 1 fully saturated rings. The van der Waals surface area contributed by atoms with E-state index in [1.807, 2.05) is 0 Å². The molecular weight excluding hydrogens is 369 g/mol. The molecule has 2 amide bonds. The zero-order valence-electron chi connectivity index (χ0n) is 14.8. The number of halogens is 1. The van der Waals surface area contributed by atoms with Crippen LogP contribution in [0.4, 0.5) is 9.18 Å². The molecule has 27 heavy (non-hydrogen) atoms. The number of nitrogens with zero attached hydrogens (tertiary/aromatic N) is 2. The molecule has 0 bridgehead atoms. The fraction of sp³-hybridized carbons (Fsp3) is 0.316. The van der Waals surface area contributed by atoms with Crippen molar-refractivity contribution < 1.29 is 17.6 Å². The highest BCUT2D eigenvalue weighted by Gasteiger charge is 2.29. The third-order valence-corrected chi connectivity index (χ3v) is 6.45. The van der Waals surface area contributed by atoms with E-state index in [2.05, 4.69) is 5.32 Å². The predicted molar refractivity (Wildman–Crippen MR) is 100 cm³/mol. The molecule has 3 rings (SSSR count). The van der Waals surface area contributed by atoms with Gasteiger partial charge in [-0.2, -0.15) is 4.31 Å². The van der Waals surface area contributed by atoms with Crippen LogP contribution in [0.15, 0.2) is 59.5 Å². The average Bonchev–Trinajstić information content (AvgIpc) is 2.70. The molecule has 1 saturated heterocycles. The highest BCUT2D eigenvalue weighted by Crippen LogP contribution is 2.17. The van der Waals surface area contributed by atoms with Crippen molar-refractivity contribution in [3.63, 3.8) is 0 Å². The molecule has 6 nitrogen and oxygen atoms in total. The van der Waals surface area contributed by atoms with Gasteiger partial charge in [-0.3, -0.25) is 0 Å². The van der Waals surface area contributed by atoms with Crippen molar-refractivity contribution in [3.05, 3.63) is 66.0 Å². The van der Waals surface area contributed by atoms with Crippen LogP contribution in [0.3, 0.4) is 0 Å². The summed E-state index contributed by atoms with van der Waals surface area (Å²) in [5.41, 5.74) is 0.552. The largest absolute Gasteiger partial charge is 0.338 e. The fourth-order valence-corrected chi connectivity index (χ4v) is 4.43. The molecule has 0 aliphatic carbocycles. The summed E-state index contributed by atoms with van der Waals surface area (Å²) < 4.78 is 40.2. The molecule has 0 aromatic heterocycles. The van der Waals surface area contributed by atoms with Gasteiger partial charge in [0.2, 0.25) is 10.0 Å². The molecule has 1 heterocycles. The first-order chi connectivity index (χ1) is 13.0. The molecule has 2 aromatic rings. The van der Waals surface area contributed by atoms with Crippen molar-refractivity contribution in [1.82, 2.24) is 14.5 Å². The van der Waals surface area contributed by atoms with Crippen LogP contribution in [0.5, 0.6) is 0 Å². The number of rotatable bonds is 5. The summed E-state index contributed by atoms with van der Waals surface area (Å²) in [4.78, 5) is 14.1. The fourth-order valence-electron chi connectivity index (χ4n) is 2.99. The zero-order chi connectivity index (χ0) is 19.3. The summed E-state index contributed by atoms with van der Waals surface area (Å²) in [7, 11) is -3.54. The maximum atomic E-state index is 13.6. The van der Waals surface area contributed by atoms with E-state index in [0.717, 1.165) is 0 Å². The number of urea groups is 1. The lowest BCUT2D eigenvalue weighted by molar-refractivity contribution is 0.172. The van der Waals surface area contributed by atoms with E-state index in [-0.39, 0.29) is 29.8 Å². The molecular formula is C19H22FN3O3S. The zero-order valence-corrected chi connectivity index (χ0v) is 15.7. The van der Waals surface area contributed by atoms with Crippen LogP contribution in [0.2, 0.25) is 0 Å². The van der Waals surface area contributed by atoms with Crippen molar-refractivity contribution in [3.8, 4) is 0 Å². The third kappa shape index (κ3) is 4.64. The SMILES string of the molecule is O=C(NCCc1ccccc1F)N1CCN(S(=O)(=O)c2ccccc2)CC1. The van der Waals surface area contributed by atoms with E-state index < -0.39 is 10.0 Å². The van der Waals surface area contributed by atoms with Crippen LogP contribution in [-0.2, 0) is 16.4 Å². The molecule has 1 aliphatic rings. The van der Waals surface area contributed by atoms with Gasteiger partial charge in [0.1, 0.15) is 5.82 Å².